The second-order valence-electron chi connectivity index (χ2n) is 9.10. The number of ether oxygens (including phenoxy) is 4. The Morgan fingerprint density at radius 2 is 1.58 bits per heavy atom. The zero-order valence-electron chi connectivity index (χ0n) is 22.2. The minimum absolute atomic E-state index is 0.233. The van der Waals surface area contributed by atoms with Gasteiger partial charge in [-0.15, -0.1) is 0 Å². The van der Waals surface area contributed by atoms with E-state index in [1.807, 2.05) is 26.0 Å². The van der Waals surface area contributed by atoms with E-state index in [1.165, 1.54) is 0 Å². The van der Waals surface area contributed by atoms with Gasteiger partial charge in [0.1, 0.15) is 18.1 Å². The lowest BCUT2D eigenvalue weighted by molar-refractivity contribution is -0.149. The summed E-state index contributed by atoms with van der Waals surface area (Å²) >= 11 is 12.0. The number of carbonyl (C=O) groups excluding carboxylic acids is 1. The van der Waals surface area contributed by atoms with Gasteiger partial charge < -0.3 is 29.0 Å². The van der Waals surface area contributed by atoms with Gasteiger partial charge in [0, 0.05) is 29.6 Å². The Labute approximate surface area is 234 Å². The number of benzene rings is 2. The van der Waals surface area contributed by atoms with Crippen molar-refractivity contribution >= 4 is 35.3 Å². The van der Waals surface area contributed by atoms with E-state index < -0.39 is 12.1 Å². The molecule has 1 unspecified atom stereocenters. The summed E-state index contributed by atoms with van der Waals surface area (Å²) in [7, 11) is 0. The summed E-state index contributed by atoms with van der Waals surface area (Å²) in [5.74, 6) is 0.474. The number of aliphatic carboxylic acids is 1. The molecule has 0 radical (unpaired) electrons. The monoisotopic (exact) mass is 569 g/mol. The molecule has 0 aliphatic rings. The number of carboxylic acid groups (broad SMARTS) is 1. The topological polar surface area (TPSA) is 94.5 Å². The Balaban J connectivity index is 1.83. The zero-order valence-corrected chi connectivity index (χ0v) is 23.7. The summed E-state index contributed by atoms with van der Waals surface area (Å²) < 4.78 is 22.2. The minimum atomic E-state index is -0.989. The molecule has 2 rings (SSSR count). The first-order valence-corrected chi connectivity index (χ1v) is 13.5. The van der Waals surface area contributed by atoms with E-state index in [-0.39, 0.29) is 25.0 Å². The first kappa shape index (κ1) is 31.5. The van der Waals surface area contributed by atoms with Crippen molar-refractivity contribution in [2.24, 2.45) is 5.92 Å². The number of amides is 1. The number of unbranched alkanes of at least 4 members (excludes halogenated alkanes) is 1. The normalized spacial score (nSPS) is 11.7. The van der Waals surface area contributed by atoms with Gasteiger partial charge in [0.25, 0.3) is 0 Å². The molecule has 1 N–H and O–H groups in total. The number of halogens is 2. The Hall–Kier alpha value is -2.68. The largest absolute Gasteiger partial charge is 0.493 e. The van der Waals surface area contributed by atoms with Gasteiger partial charge in [-0.05, 0) is 61.6 Å². The lowest BCUT2D eigenvalue weighted by atomic mass is 10.1. The molecule has 0 fully saturated rings. The second-order valence-corrected chi connectivity index (χ2v) is 9.97. The van der Waals surface area contributed by atoms with E-state index >= 15 is 0 Å². The molecule has 1 amide bonds. The minimum Gasteiger partial charge on any atom is -0.493 e. The van der Waals surface area contributed by atoms with Crippen LogP contribution in [-0.4, -0.2) is 67.7 Å². The molecular formula is C28H37Cl2NO7. The predicted molar refractivity (Wildman–Crippen MR) is 148 cm³/mol. The Kier molecular flexibility index (Phi) is 14.1. The van der Waals surface area contributed by atoms with Gasteiger partial charge in [-0.25, -0.2) is 9.59 Å². The second kappa shape index (κ2) is 17.0. The van der Waals surface area contributed by atoms with Gasteiger partial charge in [-0.1, -0.05) is 49.2 Å². The van der Waals surface area contributed by atoms with E-state index in [0.29, 0.717) is 60.9 Å². The summed E-state index contributed by atoms with van der Waals surface area (Å²) in [6.45, 7) is 7.99. The van der Waals surface area contributed by atoms with Gasteiger partial charge in [0.15, 0.2) is 6.10 Å². The van der Waals surface area contributed by atoms with Crippen LogP contribution in [0.2, 0.25) is 10.0 Å². The first-order valence-electron chi connectivity index (χ1n) is 12.7. The quantitative estimate of drug-likeness (QED) is 0.221. The molecule has 0 aromatic heterocycles. The molecule has 0 bridgehead atoms. The summed E-state index contributed by atoms with van der Waals surface area (Å²) in [6, 6.07) is 12.2. The smallest absolute Gasteiger partial charge is 0.409 e. The Bertz CT molecular complexity index is 981. The van der Waals surface area contributed by atoms with Crippen LogP contribution >= 0.6 is 23.2 Å². The first-order chi connectivity index (χ1) is 18.2. The van der Waals surface area contributed by atoms with Gasteiger partial charge in [0.05, 0.1) is 19.8 Å². The van der Waals surface area contributed by atoms with Crippen LogP contribution in [0.3, 0.4) is 0 Å². The summed E-state index contributed by atoms with van der Waals surface area (Å²) in [4.78, 5) is 25.6. The molecule has 1 atom stereocenters. The van der Waals surface area contributed by atoms with Crippen molar-refractivity contribution in [3.63, 3.8) is 0 Å². The summed E-state index contributed by atoms with van der Waals surface area (Å²) in [6.07, 6.45) is 0.443. The average molecular weight is 571 g/mol. The highest BCUT2D eigenvalue weighted by Crippen LogP contribution is 2.24. The molecule has 0 aliphatic carbocycles. The summed E-state index contributed by atoms with van der Waals surface area (Å²) in [5.41, 5.74) is 0.833. The van der Waals surface area contributed by atoms with E-state index in [0.717, 1.165) is 12.0 Å². The molecule has 210 valence electrons. The van der Waals surface area contributed by atoms with Crippen LogP contribution in [0.5, 0.6) is 11.5 Å². The predicted octanol–water partition coefficient (Wildman–Crippen LogP) is 6.36. The van der Waals surface area contributed by atoms with Crippen molar-refractivity contribution in [3.8, 4) is 11.5 Å². The fraction of sp³-hybridized carbons (Fsp3) is 0.500. The van der Waals surface area contributed by atoms with Gasteiger partial charge in [-0.3, -0.25) is 0 Å². The number of carbonyl (C=O) groups is 2. The van der Waals surface area contributed by atoms with Crippen LogP contribution < -0.4 is 9.47 Å². The van der Waals surface area contributed by atoms with E-state index in [1.54, 1.807) is 42.2 Å². The average Bonchev–Trinajstić information content (AvgIpc) is 2.86. The van der Waals surface area contributed by atoms with Crippen molar-refractivity contribution < 1.29 is 33.6 Å². The standard InChI is InChI=1S/C28H37Cl2NO7/c1-4-35-26(27(32)33)15-21-7-9-24(10-8-21)37-14-12-31(28(34)38-19-20(2)3)11-5-6-13-36-25-17-22(29)16-23(30)18-25/h7-10,16-18,20,26H,4-6,11-15,19H2,1-3H3,(H,32,33). The van der Waals surface area contributed by atoms with Crippen LogP contribution in [0.25, 0.3) is 0 Å². The number of carboxylic acids is 1. The highest BCUT2D eigenvalue weighted by atomic mass is 35.5. The third-order valence-corrected chi connectivity index (χ3v) is 5.78. The highest BCUT2D eigenvalue weighted by Gasteiger charge is 2.18. The zero-order chi connectivity index (χ0) is 27.9. The maximum Gasteiger partial charge on any atom is 0.409 e. The number of hydrogen-bond donors (Lipinski definition) is 1. The fourth-order valence-electron chi connectivity index (χ4n) is 3.46. The number of nitrogens with zero attached hydrogens (tertiary/aromatic N) is 1. The van der Waals surface area contributed by atoms with Crippen LogP contribution in [0.15, 0.2) is 42.5 Å². The van der Waals surface area contributed by atoms with Crippen molar-refractivity contribution in [1.29, 1.82) is 0 Å². The molecule has 10 heteroatoms. The van der Waals surface area contributed by atoms with Crippen molar-refractivity contribution in [3.05, 3.63) is 58.1 Å². The van der Waals surface area contributed by atoms with E-state index in [9.17, 15) is 14.7 Å². The fourth-order valence-corrected chi connectivity index (χ4v) is 3.96. The maximum absolute atomic E-state index is 12.6. The SMILES string of the molecule is CCOC(Cc1ccc(OCCN(CCCCOc2cc(Cl)cc(Cl)c2)C(=O)OCC(C)C)cc1)C(=O)O. The molecular weight excluding hydrogens is 533 g/mol. The van der Waals surface area contributed by atoms with Crippen LogP contribution in [0.1, 0.15) is 39.2 Å². The molecule has 0 aliphatic heterocycles. The molecule has 0 saturated carbocycles. The van der Waals surface area contributed by atoms with E-state index in [4.69, 9.17) is 42.1 Å². The summed E-state index contributed by atoms with van der Waals surface area (Å²) in [5, 5.41) is 10.3. The number of rotatable bonds is 17. The van der Waals surface area contributed by atoms with Gasteiger partial charge in [-0.2, -0.15) is 0 Å². The molecule has 38 heavy (non-hydrogen) atoms. The lowest BCUT2D eigenvalue weighted by Gasteiger charge is -2.23. The lowest BCUT2D eigenvalue weighted by Crippen LogP contribution is -2.36. The van der Waals surface area contributed by atoms with Crippen LogP contribution in [0, 0.1) is 5.92 Å². The third kappa shape index (κ3) is 12.2. The highest BCUT2D eigenvalue weighted by molar-refractivity contribution is 6.34. The third-order valence-electron chi connectivity index (χ3n) is 5.34. The van der Waals surface area contributed by atoms with Crippen LogP contribution in [0.4, 0.5) is 4.79 Å². The van der Waals surface area contributed by atoms with Crippen molar-refractivity contribution in [2.75, 3.05) is 39.5 Å². The molecule has 8 nitrogen and oxygen atoms in total. The van der Waals surface area contributed by atoms with Crippen molar-refractivity contribution in [2.45, 2.75) is 46.1 Å². The van der Waals surface area contributed by atoms with Gasteiger partial charge >= 0.3 is 12.1 Å². The van der Waals surface area contributed by atoms with Gasteiger partial charge in [0.2, 0.25) is 0 Å². The Morgan fingerprint density at radius 3 is 2.18 bits per heavy atom. The Morgan fingerprint density at radius 1 is 0.921 bits per heavy atom. The maximum atomic E-state index is 12.6. The molecule has 0 heterocycles. The molecule has 2 aromatic rings. The molecule has 0 saturated heterocycles. The van der Waals surface area contributed by atoms with Crippen molar-refractivity contribution in [1.82, 2.24) is 4.90 Å². The molecule has 2 aromatic carbocycles. The van der Waals surface area contributed by atoms with Crippen LogP contribution in [-0.2, 0) is 20.7 Å². The van der Waals surface area contributed by atoms with E-state index in [2.05, 4.69) is 0 Å². The number of hydrogen-bond acceptors (Lipinski definition) is 6. The molecule has 0 spiro atoms.